The Balaban J connectivity index is 1.28. The lowest BCUT2D eigenvalue weighted by molar-refractivity contribution is -0.938. The van der Waals surface area contributed by atoms with Crippen molar-refractivity contribution in [1.82, 2.24) is 0 Å². The first kappa shape index (κ1) is 24.0. The van der Waals surface area contributed by atoms with E-state index in [1.54, 1.807) is 0 Å². The number of nitrogens with zero attached hydrogens (tertiary/aromatic N) is 1. The van der Waals surface area contributed by atoms with Crippen LogP contribution in [0.25, 0.3) is 0 Å². The maximum absolute atomic E-state index is 13.6. The van der Waals surface area contributed by atoms with Gasteiger partial charge >= 0.3 is 5.97 Å². The lowest BCUT2D eigenvalue weighted by atomic mass is 9.82. The van der Waals surface area contributed by atoms with Crippen LogP contribution in [-0.4, -0.2) is 48.5 Å². The predicted molar refractivity (Wildman–Crippen MR) is 140 cm³/mol. The Morgan fingerprint density at radius 1 is 1.00 bits per heavy atom. The highest BCUT2D eigenvalue weighted by Gasteiger charge is 2.49. The van der Waals surface area contributed by atoms with Gasteiger partial charge in [0.2, 0.25) is 5.78 Å². The highest BCUT2D eigenvalue weighted by atomic mass is 32.1. The van der Waals surface area contributed by atoms with E-state index in [-0.39, 0.29) is 23.8 Å². The van der Waals surface area contributed by atoms with Gasteiger partial charge in [-0.3, -0.25) is 9.59 Å². The summed E-state index contributed by atoms with van der Waals surface area (Å²) in [6.07, 6.45) is 3.49. The molecule has 0 N–H and O–H groups in total. The summed E-state index contributed by atoms with van der Waals surface area (Å²) in [4.78, 5) is 27.3. The highest BCUT2D eigenvalue weighted by Crippen LogP contribution is 2.37. The number of esters is 1. The van der Waals surface area contributed by atoms with Crippen molar-refractivity contribution in [2.45, 2.75) is 44.6 Å². The SMILES string of the molecule is Cc1ccc(CCC(C(=O)OC2C[N+]3(CC(=O)c4cccs4)CCC2CC3)c2ccccc2)cc1. The largest absolute Gasteiger partial charge is 0.456 e. The Bertz CT molecular complexity index is 1130. The average molecular weight is 489 g/mol. The van der Waals surface area contributed by atoms with Crippen molar-refractivity contribution >= 4 is 23.1 Å². The molecule has 2 bridgehead atoms. The summed E-state index contributed by atoms with van der Waals surface area (Å²) in [5.41, 5.74) is 3.50. The second-order valence-electron chi connectivity index (χ2n) is 10.3. The fraction of sp³-hybridized carbons (Fsp3) is 0.400. The molecule has 3 fully saturated rings. The van der Waals surface area contributed by atoms with Crippen LogP contribution in [0.1, 0.15) is 51.5 Å². The van der Waals surface area contributed by atoms with Crippen molar-refractivity contribution in [3.05, 3.63) is 93.7 Å². The van der Waals surface area contributed by atoms with Gasteiger partial charge in [0.05, 0.1) is 23.9 Å². The molecule has 3 aliphatic rings. The number of thiophene rings is 1. The number of hydrogen-bond donors (Lipinski definition) is 0. The van der Waals surface area contributed by atoms with Crippen LogP contribution < -0.4 is 0 Å². The summed E-state index contributed by atoms with van der Waals surface area (Å²) in [5.74, 6) is 0.217. The standard InChI is InChI=1S/C30H34NO3S/c1-22-9-11-23(12-10-22)13-14-26(24-6-3-2-4-7-24)30(33)34-28-21-31(17-15-25(28)16-18-31)20-27(32)29-8-5-19-35-29/h2-12,19,25-26,28H,13-18,20-21H2,1H3/q+1. The third-order valence-electron chi connectivity index (χ3n) is 7.91. The van der Waals surface area contributed by atoms with Crippen molar-refractivity contribution in [2.75, 3.05) is 26.2 Å². The minimum Gasteiger partial charge on any atom is -0.456 e. The van der Waals surface area contributed by atoms with Crippen LogP contribution in [0.5, 0.6) is 0 Å². The second kappa shape index (κ2) is 10.5. The molecule has 0 amide bonds. The number of ether oxygens (including phenoxy) is 1. The number of quaternary nitrogens is 1. The van der Waals surface area contributed by atoms with E-state index in [1.165, 1.54) is 22.5 Å². The van der Waals surface area contributed by atoms with Crippen LogP contribution in [0.3, 0.4) is 0 Å². The van der Waals surface area contributed by atoms with E-state index in [4.69, 9.17) is 4.74 Å². The van der Waals surface area contributed by atoms with E-state index in [9.17, 15) is 9.59 Å². The van der Waals surface area contributed by atoms with Crippen LogP contribution >= 0.6 is 11.3 Å². The number of piperidine rings is 3. The van der Waals surface area contributed by atoms with Gasteiger partial charge in [-0.05, 0) is 42.3 Å². The van der Waals surface area contributed by atoms with Crippen LogP contribution in [0.2, 0.25) is 0 Å². The summed E-state index contributed by atoms with van der Waals surface area (Å²) in [6, 6.07) is 22.4. The van der Waals surface area contributed by atoms with Gasteiger partial charge in [0.25, 0.3) is 0 Å². The van der Waals surface area contributed by atoms with E-state index in [1.807, 2.05) is 47.8 Å². The predicted octanol–water partition coefficient (Wildman–Crippen LogP) is 5.81. The number of Topliss-reactive ketones (excluding diaryl/α,β-unsaturated/α-hetero) is 1. The van der Waals surface area contributed by atoms with Crippen LogP contribution in [0.15, 0.2) is 72.1 Å². The van der Waals surface area contributed by atoms with Gasteiger partial charge < -0.3 is 9.22 Å². The molecule has 3 aromatic rings. The zero-order valence-electron chi connectivity index (χ0n) is 20.4. The highest BCUT2D eigenvalue weighted by molar-refractivity contribution is 7.12. The lowest BCUT2D eigenvalue weighted by Gasteiger charge is -2.51. The zero-order chi connectivity index (χ0) is 24.3. The average Bonchev–Trinajstić information content (AvgIpc) is 3.42. The van der Waals surface area contributed by atoms with Gasteiger partial charge in [-0.2, -0.15) is 0 Å². The molecule has 0 saturated carbocycles. The molecule has 3 aliphatic heterocycles. The molecule has 2 aromatic carbocycles. The second-order valence-corrected chi connectivity index (χ2v) is 11.3. The van der Waals surface area contributed by atoms with Gasteiger partial charge in [-0.15, -0.1) is 11.3 Å². The normalized spacial score (nSPS) is 24.1. The molecule has 0 spiro atoms. The molecule has 4 nitrogen and oxygen atoms in total. The number of hydrogen-bond acceptors (Lipinski definition) is 4. The van der Waals surface area contributed by atoms with Crippen molar-refractivity contribution in [3.63, 3.8) is 0 Å². The van der Waals surface area contributed by atoms with Crippen molar-refractivity contribution in [1.29, 1.82) is 0 Å². The summed E-state index contributed by atoms with van der Waals surface area (Å²) in [6.45, 7) is 5.37. The number of rotatable bonds is 9. The Kier molecular flexibility index (Phi) is 7.17. The molecular formula is C30H34NO3S+. The molecule has 1 aromatic heterocycles. The van der Waals surface area contributed by atoms with Crippen LogP contribution in [0, 0.1) is 12.8 Å². The van der Waals surface area contributed by atoms with E-state index < -0.39 is 0 Å². The van der Waals surface area contributed by atoms with Crippen molar-refractivity contribution in [2.24, 2.45) is 5.92 Å². The van der Waals surface area contributed by atoms with E-state index >= 15 is 0 Å². The van der Waals surface area contributed by atoms with Gasteiger partial charge in [-0.1, -0.05) is 66.2 Å². The van der Waals surface area contributed by atoms with Gasteiger partial charge in [0, 0.05) is 18.8 Å². The minimum atomic E-state index is -0.283. The third kappa shape index (κ3) is 5.57. The lowest BCUT2D eigenvalue weighted by Crippen LogP contribution is -2.65. The topological polar surface area (TPSA) is 43.4 Å². The summed E-state index contributed by atoms with van der Waals surface area (Å²) in [7, 11) is 0. The number of aryl methyl sites for hydroxylation is 2. The Hall–Kier alpha value is -2.76. The molecule has 3 saturated heterocycles. The molecule has 182 valence electrons. The Morgan fingerprint density at radius 2 is 1.74 bits per heavy atom. The van der Waals surface area contributed by atoms with Gasteiger partial charge in [-0.25, -0.2) is 0 Å². The van der Waals surface area contributed by atoms with E-state index in [0.29, 0.717) is 12.5 Å². The van der Waals surface area contributed by atoms with Gasteiger partial charge in [0.1, 0.15) is 13.1 Å². The first-order valence-electron chi connectivity index (χ1n) is 12.7. The summed E-state index contributed by atoms with van der Waals surface area (Å²) in [5, 5.41) is 1.96. The molecule has 2 atom stereocenters. The minimum absolute atomic E-state index is 0.105. The number of carbonyl (C=O) groups excluding carboxylic acids is 2. The molecule has 4 heterocycles. The molecule has 2 unspecified atom stereocenters. The third-order valence-corrected chi connectivity index (χ3v) is 8.82. The maximum Gasteiger partial charge on any atom is 0.313 e. The molecule has 6 rings (SSSR count). The molecule has 0 radical (unpaired) electrons. The maximum atomic E-state index is 13.6. The fourth-order valence-corrected chi connectivity index (χ4v) is 6.46. The number of carbonyl (C=O) groups is 2. The van der Waals surface area contributed by atoms with Crippen molar-refractivity contribution in [3.8, 4) is 0 Å². The summed E-state index contributed by atoms with van der Waals surface area (Å²) >= 11 is 1.51. The van der Waals surface area contributed by atoms with E-state index in [0.717, 1.165) is 60.2 Å². The molecule has 5 heteroatoms. The fourth-order valence-electron chi connectivity index (χ4n) is 5.80. The van der Waals surface area contributed by atoms with Crippen LogP contribution in [-0.2, 0) is 16.0 Å². The Labute approximate surface area is 212 Å². The van der Waals surface area contributed by atoms with Crippen molar-refractivity contribution < 1.29 is 18.8 Å². The van der Waals surface area contributed by atoms with Gasteiger partial charge in [0.15, 0.2) is 6.10 Å². The number of benzene rings is 2. The monoisotopic (exact) mass is 488 g/mol. The number of ketones is 1. The number of fused-ring (bicyclic) bond motifs is 3. The molecule has 35 heavy (non-hydrogen) atoms. The van der Waals surface area contributed by atoms with E-state index in [2.05, 4.69) is 31.2 Å². The zero-order valence-corrected chi connectivity index (χ0v) is 21.2. The van der Waals surface area contributed by atoms with Crippen LogP contribution in [0.4, 0.5) is 0 Å². The smallest absolute Gasteiger partial charge is 0.313 e. The molecular weight excluding hydrogens is 454 g/mol. The molecule has 0 aliphatic carbocycles. The first-order valence-corrected chi connectivity index (χ1v) is 13.6. The first-order chi connectivity index (χ1) is 17.0. The summed E-state index contributed by atoms with van der Waals surface area (Å²) < 4.78 is 7.04. The Morgan fingerprint density at radius 3 is 2.43 bits per heavy atom. The quantitative estimate of drug-likeness (QED) is 0.217.